The molecule has 6 nitrogen and oxygen atoms in total. The number of hydrogen-bond donors (Lipinski definition) is 2. The quantitative estimate of drug-likeness (QED) is 0.729. The first-order chi connectivity index (χ1) is 13.9. The molecule has 1 atom stereocenters. The Hall–Kier alpha value is -3.42. The van der Waals surface area contributed by atoms with E-state index in [0.29, 0.717) is 16.9 Å². The van der Waals surface area contributed by atoms with Gasteiger partial charge in [-0.1, -0.05) is 12.1 Å². The summed E-state index contributed by atoms with van der Waals surface area (Å²) >= 11 is 0. The van der Waals surface area contributed by atoms with Gasteiger partial charge in [0.1, 0.15) is 11.6 Å². The van der Waals surface area contributed by atoms with E-state index in [9.17, 15) is 18.4 Å². The molecule has 1 heterocycles. The summed E-state index contributed by atoms with van der Waals surface area (Å²) in [5.41, 5.74) is 1.83. The van der Waals surface area contributed by atoms with E-state index in [1.54, 1.807) is 31.0 Å². The molecule has 2 aromatic rings. The molecule has 0 saturated carbocycles. The van der Waals surface area contributed by atoms with E-state index >= 15 is 0 Å². The third-order valence-electron chi connectivity index (χ3n) is 4.52. The van der Waals surface area contributed by atoms with Gasteiger partial charge in [0.05, 0.1) is 30.5 Å². The first-order valence-electron chi connectivity index (χ1n) is 9.09. The molecule has 0 bridgehead atoms. The van der Waals surface area contributed by atoms with Gasteiger partial charge in [-0.3, -0.25) is 0 Å². The maximum Gasteiger partial charge on any atom is 0.338 e. The molecule has 8 heteroatoms. The van der Waals surface area contributed by atoms with Crippen LogP contribution in [0.25, 0.3) is 0 Å². The van der Waals surface area contributed by atoms with Crippen molar-refractivity contribution in [2.24, 2.45) is 0 Å². The van der Waals surface area contributed by atoms with E-state index in [-0.39, 0.29) is 24.5 Å². The van der Waals surface area contributed by atoms with E-state index in [2.05, 4.69) is 10.6 Å². The van der Waals surface area contributed by atoms with E-state index < -0.39 is 23.9 Å². The van der Waals surface area contributed by atoms with Gasteiger partial charge >= 0.3 is 12.0 Å². The average molecular weight is 401 g/mol. The topological polar surface area (TPSA) is 70.7 Å². The Balaban J connectivity index is 2.00. The Morgan fingerprint density at radius 3 is 2.24 bits per heavy atom. The fraction of sp³-hybridized carbons (Fsp3) is 0.238. The highest BCUT2D eigenvalue weighted by Crippen LogP contribution is 2.29. The van der Waals surface area contributed by atoms with Gasteiger partial charge in [0, 0.05) is 12.7 Å². The van der Waals surface area contributed by atoms with Gasteiger partial charge in [-0.25, -0.2) is 18.4 Å². The molecule has 29 heavy (non-hydrogen) atoms. The summed E-state index contributed by atoms with van der Waals surface area (Å²) in [6.07, 6.45) is 0. The first kappa shape index (κ1) is 20.3. The van der Waals surface area contributed by atoms with Crippen molar-refractivity contribution in [3.8, 4) is 0 Å². The number of ether oxygens (including phenoxy) is 1. The number of carbonyl (C=O) groups is 2. The molecule has 1 aliphatic heterocycles. The summed E-state index contributed by atoms with van der Waals surface area (Å²) in [4.78, 5) is 26.7. The van der Waals surface area contributed by atoms with E-state index in [1.807, 2.05) is 0 Å². The number of rotatable bonds is 6. The minimum absolute atomic E-state index is 0.160. The van der Waals surface area contributed by atoms with Crippen LogP contribution in [-0.2, 0) is 9.53 Å². The Morgan fingerprint density at radius 2 is 1.66 bits per heavy atom. The molecule has 0 aromatic heterocycles. The number of likely N-dealkylation sites (N-methyl/N-ethyl adjacent to an activating group) is 1. The minimum atomic E-state index is -0.792. The zero-order valence-electron chi connectivity index (χ0n) is 16.0. The standard InChI is InChI=1S/C21H21F2N3O3/c1-3-29-20(27)18-17(12-26(2)16-10-8-15(23)9-11-16)24-21(28)25-19(18)13-4-6-14(22)7-5-13/h4-11,19H,3,12H2,1-2H3,(H2,24,25,28)/t19-/m0/s1. The van der Waals surface area contributed by atoms with Crippen LogP contribution in [0.3, 0.4) is 0 Å². The van der Waals surface area contributed by atoms with Gasteiger partial charge in [-0.05, 0) is 48.9 Å². The fourth-order valence-corrected chi connectivity index (χ4v) is 3.12. The van der Waals surface area contributed by atoms with Crippen LogP contribution in [0, 0.1) is 11.6 Å². The molecule has 0 spiro atoms. The molecule has 2 N–H and O–H groups in total. The van der Waals surface area contributed by atoms with Crippen LogP contribution in [0.4, 0.5) is 19.3 Å². The molecule has 0 aliphatic carbocycles. The molecule has 2 aromatic carbocycles. The molecule has 0 fully saturated rings. The number of amides is 2. The van der Waals surface area contributed by atoms with Crippen molar-refractivity contribution in [2.45, 2.75) is 13.0 Å². The molecule has 152 valence electrons. The first-order valence-corrected chi connectivity index (χ1v) is 9.09. The zero-order valence-corrected chi connectivity index (χ0v) is 16.0. The summed E-state index contributed by atoms with van der Waals surface area (Å²) in [5.74, 6) is -1.37. The molecule has 0 saturated heterocycles. The lowest BCUT2D eigenvalue weighted by Gasteiger charge is -2.31. The van der Waals surface area contributed by atoms with Crippen molar-refractivity contribution in [3.05, 3.63) is 77.0 Å². The summed E-state index contributed by atoms with van der Waals surface area (Å²) in [6.45, 7) is 2.02. The highest BCUT2D eigenvalue weighted by molar-refractivity contribution is 5.95. The molecule has 3 rings (SSSR count). The van der Waals surface area contributed by atoms with Crippen molar-refractivity contribution in [2.75, 3.05) is 25.1 Å². The minimum Gasteiger partial charge on any atom is -0.463 e. The van der Waals surface area contributed by atoms with Crippen LogP contribution in [0.1, 0.15) is 18.5 Å². The third kappa shape index (κ3) is 4.71. The van der Waals surface area contributed by atoms with E-state index in [0.717, 1.165) is 0 Å². The van der Waals surface area contributed by atoms with Crippen molar-refractivity contribution in [1.29, 1.82) is 0 Å². The van der Waals surface area contributed by atoms with Crippen LogP contribution < -0.4 is 15.5 Å². The molecule has 0 radical (unpaired) electrons. The van der Waals surface area contributed by atoms with Crippen molar-refractivity contribution >= 4 is 17.7 Å². The maximum atomic E-state index is 13.3. The van der Waals surface area contributed by atoms with E-state index in [1.165, 1.54) is 36.4 Å². The monoisotopic (exact) mass is 401 g/mol. The molecular formula is C21H21F2N3O3. The second-order valence-corrected chi connectivity index (χ2v) is 6.53. The number of nitrogens with one attached hydrogen (secondary N) is 2. The van der Waals surface area contributed by atoms with Gasteiger partial charge in [0.2, 0.25) is 0 Å². The average Bonchev–Trinajstić information content (AvgIpc) is 2.68. The number of esters is 1. The predicted molar refractivity (Wildman–Crippen MR) is 104 cm³/mol. The van der Waals surface area contributed by atoms with Crippen LogP contribution in [0.15, 0.2) is 59.8 Å². The normalized spacial score (nSPS) is 16.1. The third-order valence-corrected chi connectivity index (χ3v) is 4.52. The number of carbonyl (C=O) groups excluding carboxylic acids is 2. The number of anilines is 1. The van der Waals surface area contributed by atoms with Gasteiger partial charge < -0.3 is 20.3 Å². The maximum absolute atomic E-state index is 13.3. The van der Waals surface area contributed by atoms with Gasteiger partial charge in [0.25, 0.3) is 0 Å². The van der Waals surface area contributed by atoms with Crippen molar-refractivity contribution in [3.63, 3.8) is 0 Å². The molecule has 2 amide bonds. The summed E-state index contributed by atoms with van der Waals surface area (Å²) < 4.78 is 31.7. The summed E-state index contributed by atoms with van der Waals surface area (Å²) in [6, 6.07) is 10.1. The van der Waals surface area contributed by atoms with Crippen molar-refractivity contribution in [1.82, 2.24) is 10.6 Å². The zero-order chi connectivity index (χ0) is 21.0. The lowest BCUT2D eigenvalue weighted by Crippen LogP contribution is -2.48. The molecular weight excluding hydrogens is 380 g/mol. The van der Waals surface area contributed by atoms with Crippen LogP contribution in [0.5, 0.6) is 0 Å². The van der Waals surface area contributed by atoms with Gasteiger partial charge in [-0.2, -0.15) is 0 Å². The van der Waals surface area contributed by atoms with E-state index in [4.69, 9.17) is 4.74 Å². The number of nitrogens with zero attached hydrogens (tertiary/aromatic N) is 1. The summed E-state index contributed by atoms with van der Waals surface area (Å²) in [7, 11) is 1.75. The fourth-order valence-electron chi connectivity index (χ4n) is 3.12. The lowest BCUT2D eigenvalue weighted by atomic mass is 9.95. The smallest absolute Gasteiger partial charge is 0.338 e. The predicted octanol–water partition coefficient (Wildman–Crippen LogP) is 3.27. The number of halogens is 2. The second kappa shape index (κ2) is 8.72. The Kier molecular flexibility index (Phi) is 6.11. The number of urea groups is 1. The van der Waals surface area contributed by atoms with Crippen LogP contribution in [-0.4, -0.2) is 32.2 Å². The number of benzene rings is 2. The summed E-state index contributed by atoms with van der Waals surface area (Å²) in [5, 5.41) is 5.36. The lowest BCUT2D eigenvalue weighted by molar-refractivity contribution is -0.139. The van der Waals surface area contributed by atoms with Gasteiger partial charge in [-0.15, -0.1) is 0 Å². The van der Waals surface area contributed by atoms with Crippen LogP contribution >= 0.6 is 0 Å². The Morgan fingerprint density at radius 1 is 1.07 bits per heavy atom. The highest BCUT2D eigenvalue weighted by Gasteiger charge is 2.34. The van der Waals surface area contributed by atoms with Crippen molar-refractivity contribution < 1.29 is 23.1 Å². The largest absolute Gasteiger partial charge is 0.463 e. The van der Waals surface area contributed by atoms with Gasteiger partial charge in [0.15, 0.2) is 0 Å². The number of hydrogen-bond acceptors (Lipinski definition) is 4. The van der Waals surface area contributed by atoms with Crippen LogP contribution in [0.2, 0.25) is 0 Å². The Bertz CT molecular complexity index is 927. The molecule has 0 unspecified atom stereocenters. The molecule has 1 aliphatic rings. The highest BCUT2D eigenvalue weighted by atomic mass is 19.1. The SMILES string of the molecule is CCOC(=O)C1=C(CN(C)c2ccc(F)cc2)NC(=O)N[C@H]1c1ccc(F)cc1. The second-order valence-electron chi connectivity index (χ2n) is 6.53. The Labute approximate surface area is 167 Å².